The summed E-state index contributed by atoms with van der Waals surface area (Å²) in [6, 6.07) is 15.0. The number of nitrogens with one attached hydrogen (secondary N) is 1. The van der Waals surface area contributed by atoms with Gasteiger partial charge in [0.25, 0.3) is 5.76 Å². The smallest absolute Gasteiger partial charge is 0.284 e. The fraction of sp³-hybridized carbons (Fsp3) is 0.474. The van der Waals surface area contributed by atoms with Crippen LogP contribution < -0.4 is 10.2 Å². The summed E-state index contributed by atoms with van der Waals surface area (Å²) < 4.78 is 30.0. The summed E-state index contributed by atoms with van der Waals surface area (Å²) in [5.41, 5.74) is 1.41. The maximum Gasteiger partial charge on any atom is 0.284 e. The van der Waals surface area contributed by atoms with Crippen LogP contribution in [-0.2, 0) is 18.8 Å². The lowest BCUT2D eigenvalue weighted by Gasteiger charge is -2.27. The molecule has 0 aliphatic carbocycles. The van der Waals surface area contributed by atoms with Gasteiger partial charge in [0.1, 0.15) is 18.8 Å². The van der Waals surface area contributed by atoms with E-state index in [0.717, 1.165) is 18.8 Å². The number of hydrogen-bond donors (Lipinski definition) is 2. The molecule has 3 nitrogen and oxygen atoms in total. The summed E-state index contributed by atoms with van der Waals surface area (Å²) in [6.45, 7) is 4.30. The first-order valence-corrected chi connectivity index (χ1v) is 9.92. The summed E-state index contributed by atoms with van der Waals surface area (Å²) in [7, 11) is 0. The molecule has 2 aromatic rings. The van der Waals surface area contributed by atoms with E-state index in [0.29, 0.717) is 23.6 Å². The Labute approximate surface area is 151 Å². The van der Waals surface area contributed by atoms with Gasteiger partial charge in [0.2, 0.25) is 0 Å². The Bertz CT molecular complexity index is 627. The van der Waals surface area contributed by atoms with E-state index in [-0.39, 0.29) is 5.75 Å². The van der Waals surface area contributed by atoms with E-state index in [9.17, 15) is 8.78 Å². The first kappa shape index (κ1) is 18.4. The molecule has 1 aromatic carbocycles. The molecule has 0 atom stereocenters. The predicted octanol–water partition coefficient (Wildman–Crippen LogP) is 2.05. The Morgan fingerprint density at radius 2 is 1.80 bits per heavy atom. The predicted molar refractivity (Wildman–Crippen MR) is 95.5 cm³/mol. The zero-order valence-electron chi connectivity index (χ0n) is 14.3. The van der Waals surface area contributed by atoms with Crippen LogP contribution in [0.5, 0.6) is 0 Å². The van der Waals surface area contributed by atoms with Crippen molar-refractivity contribution < 1.29 is 23.4 Å². The molecule has 0 saturated carbocycles. The van der Waals surface area contributed by atoms with Crippen LogP contribution in [0.4, 0.5) is 8.78 Å². The van der Waals surface area contributed by atoms with Gasteiger partial charge in [0.15, 0.2) is 5.76 Å². The number of piperidine rings is 1. The van der Waals surface area contributed by atoms with Crippen LogP contribution in [0.2, 0.25) is 0 Å². The van der Waals surface area contributed by atoms with Crippen molar-refractivity contribution in [3.8, 4) is 0 Å². The SMILES string of the molecule is FC(F)SCc1ccc(C[NH2+]C2CC[NH+](Cc3ccccc3)CC2)o1. The van der Waals surface area contributed by atoms with Crippen LogP contribution in [0.3, 0.4) is 0 Å². The summed E-state index contributed by atoms with van der Waals surface area (Å²) in [5.74, 6) is -0.595. The van der Waals surface area contributed by atoms with Gasteiger partial charge in [0, 0.05) is 18.4 Å². The quantitative estimate of drug-likeness (QED) is 0.748. The number of benzene rings is 1. The zero-order chi connectivity index (χ0) is 17.5. The van der Waals surface area contributed by atoms with Crippen molar-refractivity contribution in [2.75, 3.05) is 13.1 Å². The molecule has 0 bridgehead atoms. The lowest BCUT2D eigenvalue weighted by molar-refractivity contribution is -0.926. The average molecular weight is 368 g/mol. The Kier molecular flexibility index (Phi) is 6.90. The molecule has 1 fully saturated rings. The van der Waals surface area contributed by atoms with Gasteiger partial charge in [-0.15, -0.1) is 0 Å². The number of nitrogens with two attached hydrogens (primary N) is 1. The highest BCUT2D eigenvalue weighted by atomic mass is 32.2. The van der Waals surface area contributed by atoms with Crippen molar-refractivity contribution in [3.05, 3.63) is 59.5 Å². The zero-order valence-corrected chi connectivity index (χ0v) is 15.1. The van der Waals surface area contributed by atoms with Gasteiger partial charge >= 0.3 is 0 Å². The van der Waals surface area contributed by atoms with Crippen molar-refractivity contribution in [1.29, 1.82) is 0 Å². The van der Waals surface area contributed by atoms with Crippen molar-refractivity contribution in [3.63, 3.8) is 0 Å². The molecule has 0 unspecified atom stereocenters. The molecule has 0 spiro atoms. The van der Waals surface area contributed by atoms with Gasteiger partial charge in [-0.25, -0.2) is 0 Å². The van der Waals surface area contributed by atoms with E-state index >= 15 is 0 Å². The Morgan fingerprint density at radius 3 is 2.52 bits per heavy atom. The standard InChI is InChI=1S/C19H24F2N2OS/c20-19(21)25-14-18-7-6-17(24-18)12-22-16-8-10-23(11-9-16)13-15-4-2-1-3-5-15/h1-7,16,19,22H,8-14H2/p+2. The number of likely N-dealkylation sites (tertiary alicyclic amines) is 1. The van der Waals surface area contributed by atoms with Crippen LogP contribution in [0, 0.1) is 0 Å². The third-order valence-electron chi connectivity index (χ3n) is 4.76. The Morgan fingerprint density at radius 1 is 1.08 bits per heavy atom. The second-order valence-corrected chi connectivity index (χ2v) is 7.61. The molecule has 1 aromatic heterocycles. The monoisotopic (exact) mass is 368 g/mol. The minimum atomic E-state index is -2.34. The minimum Gasteiger partial charge on any atom is -0.459 e. The summed E-state index contributed by atoms with van der Waals surface area (Å²) >= 11 is 0.605. The fourth-order valence-electron chi connectivity index (χ4n) is 3.38. The number of halogens is 2. The normalized spacial score (nSPS) is 20.9. The van der Waals surface area contributed by atoms with E-state index < -0.39 is 5.76 Å². The van der Waals surface area contributed by atoms with Crippen molar-refractivity contribution >= 4 is 11.8 Å². The van der Waals surface area contributed by atoms with E-state index in [4.69, 9.17) is 4.42 Å². The topological polar surface area (TPSA) is 34.2 Å². The molecule has 25 heavy (non-hydrogen) atoms. The van der Waals surface area contributed by atoms with Crippen LogP contribution in [0.25, 0.3) is 0 Å². The van der Waals surface area contributed by atoms with Crippen LogP contribution in [0.15, 0.2) is 46.9 Å². The van der Waals surface area contributed by atoms with Gasteiger partial charge in [-0.3, -0.25) is 0 Å². The van der Waals surface area contributed by atoms with E-state index in [2.05, 4.69) is 35.6 Å². The van der Waals surface area contributed by atoms with Gasteiger partial charge in [-0.1, -0.05) is 42.1 Å². The first-order chi connectivity index (χ1) is 12.2. The second-order valence-electron chi connectivity index (χ2n) is 6.63. The van der Waals surface area contributed by atoms with Crippen LogP contribution >= 0.6 is 11.8 Å². The molecule has 3 rings (SSSR count). The molecular weight excluding hydrogens is 342 g/mol. The van der Waals surface area contributed by atoms with E-state index in [1.807, 2.05) is 12.1 Å². The molecule has 136 valence electrons. The van der Waals surface area contributed by atoms with Crippen molar-refractivity contribution in [2.24, 2.45) is 0 Å². The third-order valence-corrected chi connectivity index (χ3v) is 5.46. The van der Waals surface area contributed by atoms with Crippen molar-refractivity contribution in [1.82, 2.24) is 0 Å². The molecule has 3 N–H and O–H groups in total. The Balaban J connectivity index is 1.36. The average Bonchev–Trinajstić information content (AvgIpc) is 3.08. The van der Waals surface area contributed by atoms with Gasteiger partial charge in [-0.05, 0) is 12.1 Å². The molecule has 0 radical (unpaired) electrons. The minimum absolute atomic E-state index is 0.235. The summed E-state index contributed by atoms with van der Waals surface area (Å²) in [4.78, 5) is 1.65. The van der Waals surface area contributed by atoms with Gasteiger partial charge < -0.3 is 14.6 Å². The number of rotatable bonds is 8. The lowest BCUT2D eigenvalue weighted by atomic mass is 10.0. The number of alkyl halides is 2. The summed E-state index contributed by atoms with van der Waals surface area (Å²) in [5, 5.41) is 2.34. The number of furan rings is 1. The fourth-order valence-corrected chi connectivity index (χ4v) is 3.83. The largest absolute Gasteiger partial charge is 0.459 e. The third kappa shape index (κ3) is 6.13. The number of thioether (sulfide) groups is 1. The van der Waals surface area contributed by atoms with Gasteiger partial charge in [0.05, 0.1) is 24.9 Å². The molecule has 2 heterocycles. The van der Waals surface area contributed by atoms with Crippen LogP contribution in [-0.4, -0.2) is 24.9 Å². The summed E-state index contributed by atoms with van der Waals surface area (Å²) in [6.07, 6.45) is 2.41. The van der Waals surface area contributed by atoms with Crippen LogP contribution in [0.1, 0.15) is 29.9 Å². The molecule has 1 saturated heterocycles. The highest BCUT2D eigenvalue weighted by Gasteiger charge is 2.24. The molecule has 1 aliphatic heterocycles. The van der Waals surface area contributed by atoms with E-state index in [1.165, 1.54) is 31.5 Å². The highest BCUT2D eigenvalue weighted by molar-refractivity contribution is 7.98. The first-order valence-electron chi connectivity index (χ1n) is 8.87. The molecule has 6 heteroatoms. The maximum atomic E-state index is 12.2. The lowest BCUT2D eigenvalue weighted by Crippen LogP contribution is -3.13. The van der Waals surface area contributed by atoms with E-state index in [1.54, 1.807) is 4.90 Å². The Hall–Kier alpha value is -1.37. The second kappa shape index (κ2) is 9.36. The maximum absolute atomic E-state index is 12.2. The molecule has 0 amide bonds. The molecular formula is C19H26F2N2OS+2. The number of hydrogen-bond acceptors (Lipinski definition) is 2. The number of quaternary nitrogens is 2. The molecule has 1 aliphatic rings. The highest BCUT2D eigenvalue weighted by Crippen LogP contribution is 2.20. The van der Waals surface area contributed by atoms with Gasteiger partial charge in [-0.2, -0.15) is 8.78 Å². The van der Waals surface area contributed by atoms with Crippen molar-refractivity contribution in [2.45, 2.75) is 43.5 Å².